The molecule has 1 N–H and O–H groups in total. The molecule has 0 aliphatic heterocycles. The Labute approximate surface area is 120 Å². The van der Waals surface area contributed by atoms with Crippen molar-refractivity contribution < 1.29 is 0 Å². The Morgan fingerprint density at radius 1 is 1.11 bits per heavy atom. The fourth-order valence-corrected chi connectivity index (χ4v) is 3.12. The number of nitrogens with one attached hydrogen (secondary N) is 1. The number of hydrogen-bond donors (Lipinski definition) is 1. The van der Waals surface area contributed by atoms with E-state index in [1.54, 1.807) is 11.3 Å². The van der Waals surface area contributed by atoms with Crippen molar-refractivity contribution in [3.8, 4) is 0 Å². The third-order valence-electron chi connectivity index (χ3n) is 3.67. The van der Waals surface area contributed by atoms with Crippen LogP contribution in [0, 0.1) is 20.8 Å². The highest BCUT2D eigenvalue weighted by molar-refractivity contribution is 7.08. The molecule has 1 heterocycles. The van der Waals surface area contributed by atoms with Crippen LogP contribution in [0.15, 0.2) is 29.0 Å². The Balaban J connectivity index is 2.40. The molecular formula is C17H23NS. The zero-order valence-electron chi connectivity index (χ0n) is 12.3. The first-order chi connectivity index (χ1) is 9.13. The van der Waals surface area contributed by atoms with Crippen LogP contribution in [0.2, 0.25) is 0 Å². The van der Waals surface area contributed by atoms with Crippen molar-refractivity contribution in [2.24, 2.45) is 0 Å². The summed E-state index contributed by atoms with van der Waals surface area (Å²) in [4.78, 5) is 0. The smallest absolute Gasteiger partial charge is 0.0587 e. The van der Waals surface area contributed by atoms with Gasteiger partial charge in [0.15, 0.2) is 0 Å². The van der Waals surface area contributed by atoms with Gasteiger partial charge < -0.3 is 5.32 Å². The van der Waals surface area contributed by atoms with Gasteiger partial charge in [0.25, 0.3) is 0 Å². The normalized spacial score (nSPS) is 12.6. The quantitative estimate of drug-likeness (QED) is 0.828. The highest BCUT2D eigenvalue weighted by Gasteiger charge is 2.16. The summed E-state index contributed by atoms with van der Waals surface area (Å²) in [7, 11) is 0. The van der Waals surface area contributed by atoms with Crippen molar-refractivity contribution in [2.45, 2.75) is 40.2 Å². The van der Waals surface area contributed by atoms with E-state index in [1.807, 2.05) is 0 Å². The summed E-state index contributed by atoms with van der Waals surface area (Å²) < 4.78 is 0. The first-order valence-electron chi connectivity index (χ1n) is 6.96. The van der Waals surface area contributed by atoms with Gasteiger partial charge in [-0.2, -0.15) is 11.3 Å². The number of thiophene rings is 1. The largest absolute Gasteiger partial charge is 0.306 e. The number of benzene rings is 1. The van der Waals surface area contributed by atoms with E-state index in [-0.39, 0.29) is 0 Å². The molecule has 2 heteroatoms. The Kier molecular flexibility index (Phi) is 4.78. The summed E-state index contributed by atoms with van der Waals surface area (Å²) in [6.07, 6.45) is 1.16. The second-order valence-electron chi connectivity index (χ2n) is 5.24. The summed E-state index contributed by atoms with van der Waals surface area (Å²) in [6.45, 7) is 9.86. The van der Waals surface area contributed by atoms with Gasteiger partial charge in [0, 0.05) is 0 Å². The van der Waals surface area contributed by atoms with Crippen LogP contribution in [0.4, 0.5) is 0 Å². The van der Waals surface area contributed by atoms with E-state index in [0.29, 0.717) is 6.04 Å². The van der Waals surface area contributed by atoms with Crippen LogP contribution in [0.1, 0.15) is 47.2 Å². The minimum atomic E-state index is 0.325. The molecule has 0 saturated heterocycles. The lowest BCUT2D eigenvalue weighted by Gasteiger charge is -2.21. The molecule has 1 atom stereocenters. The molecule has 2 aromatic rings. The van der Waals surface area contributed by atoms with Crippen LogP contribution in [0.25, 0.3) is 0 Å². The SMILES string of the molecule is CCCNC(c1ccsc1)c1cc(C)c(C)cc1C. The summed E-state index contributed by atoms with van der Waals surface area (Å²) in [5, 5.41) is 8.09. The van der Waals surface area contributed by atoms with Gasteiger partial charge in [0.05, 0.1) is 6.04 Å². The van der Waals surface area contributed by atoms with E-state index in [1.165, 1.54) is 27.8 Å². The fourth-order valence-electron chi connectivity index (χ4n) is 2.43. The highest BCUT2D eigenvalue weighted by Crippen LogP contribution is 2.28. The average Bonchev–Trinajstić information content (AvgIpc) is 2.89. The monoisotopic (exact) mass is 273 g/mol. The maximum Gasteiger partial charge on any atom is 0.0587 e. The van der Waals surface area contributed by atoms with Gasteiger partial charge in [-0.05, 0) is 78.4 Å². The van der Waals surface area contributed by atoms with Crippen molar-refractivity contribution in [3.05, 3.63) is 56.8 Å². The highest BCUT2D eigenvalue weighted by atomic mass is 32.1. The van der Waals surface area contributed by atoms with Crippen molar-refractivity contribution in [2.75, 3.05) is 6.54 Å². The molecule has 0 aliphatic rings. The molecule has 1 aromatic carbocycles. The average molecular weight is 273 g/mol. The van der Waals surface area contributed by atoms with Crippen molar-refractivity contribution in [3.63, 3.8) is 0 Å². The van der Waals surface area contributed by atoms with Gasteiger partial charge in [-0.15, -0.1) is 0 Å². The molecule has 0 bridgehead atoms. The van der Waals surface area contributed by atoms with Crippen LogP contribution in [0.5, 0.6) is 0 Å². The number of hydrogen-bond acceptors (Lipinski definition) is 2. The van der Waals surface area contributed by atoms with Crippen LogP contribution >= 0.6 is 11.3 Å². The molecule has 0 spiro atoms. The van der Waals surface area contributed by atoms with Crippen molar-refractivity contribution in [1.29, 1.82) is 0 Å². The van der Waals surface area contributed by atoms with E-state index < -0.39 is 0 Å². The van der Waals surface area contributed by atoms with Gasteiger partial charge in [-0.1, -0.05) is 19.1 Å². The molecule has 1 unspecified atom stereocenters. The van der Waals surface area contributed by atoms with Crippen LogP contribution < -0.4 is 5.32 Å². The maximum absolute atomic E-state index is 3.68. The molecule has 19 heavy (non-hydrogen) atoms. The summed E-state index contributed by atoms with van der Waals surface area (Å²) >= 11 is 1.77. The molecule has 0 aliphatic carbocycles. The van der Waals surface area contributed by atoms with Gasteiger partial charge in [-0.3, -0.25) is 0 Å². The van der Waals surface area contributed by atoms with E-state index >= 15 is 0 Å². The molecule has 102 valence electrons. The summed E-state index contributed by atoms with van der Waals surface area (Å²) in [5.41, 5.74) is 6.92. The minimum Gasteiger partial charge on any atom is -0.306 e. The predicted molar refractivity (Wildman–Crippen MR) is 85.1 cm³/mol. The van der Waals surface area contributed by atoms with E-state index in [9.17, 15) is 0 Å². The van der Waals surface area contributed by atoms with Gasteiger partial charge >= 0.3 is 0 Å². The molecule has 0 amide bonds. The minimum absolute atomic E-state index is 0.325. The third kappa shape index (κ3) is 3.26. The summed E-state index contributed by atoms with van der Waals surface area (Å²) in [6, 6.07) is 7.20. The molecule has 0 radical (unpaired) electrons. The van der Waals surface area contributed by atoms with Crippen molar-refractivity contribution >= 4 is 11.3 Å². The first kappa shape index (κ1) is 14.3. The zero-order chi connectivity index (χ0) is 13.8. The molecule has 0 fully saturated rings. The molecular weight excluding hydrogens is 250 g/mol. The van der Waals surface area contributed by atoms with E-state index in [0.717, 1.165) is 13.0 Å². The molecule has 1 aromatic heterocycles. The van der Waals surface area contributed by atoms with E-state index in [2.05, 4.69) is 62.0 Å². The van der Waals surface area contributed by atoms with Crippen LogP contribution in [0.3, 0.4) is 0 Å². The fraction of sp³-hybridized carbons (Fsp3) is 0.412. The van der Waals surface area contributed by atoms with Gasteiger partial charge in [-0.25, -0.2) is 0 Å². The van der Waals surface area contributed by atoms with Gasteiger partial charge in [0.1, 0.15) is 0 Å². The predicted octanol–water partition coefficient (Wildman–Crippen LogP) is 4.76. The molecule has 2 rings (SSSR count). The van der Waals surface area contributed by atoms with Crippen molar-refractivity contribution in [1.82, 2.24) is 5.32 Å². The molecule has 0 saturated carbocycles. The zero-order valence-corrected chi connectivity index (χ0v) is 13.1. The number of aryl methyl sites for hydroxylation is 3. The lowest BCUT2D eigenvalue weighted by Crippen LogP contribution is -2.23. The Morgan fingerprint density at radius 3 is 2.47 bits per heavy atom. The molecule has 1 nitrogen and oxygen atoms in total. The lowest BCUT2D eigenvalue weighted by molar-refractivity contribution is 0.597. The Hall–Kier alpha value is -1.12. The Bertz CT molecular complexity index is 528. The van der Waals surface area contributed by atoms with Gasteiger partial charge in [0.2, 0.25) is 0 Å². The lowest BCUT2D eigenvalue weighted by atomic mass is 9.93. The third-order valence-corrected chi connectivity index (χ3v) is 4.37. The second kappa shape index (κ2) is 6.36. The Morgan fingerprint density at radius 2 is 1.84 bits per heavy atom. The van der Waals surface area contributed by atoms with Crippen LogP contribution in [-0.2, 0) is 0 Å². The first-order valence-corrected chi connectivity index (χ1v) is 7.91. The second-order valence-corrected chi connectivity index (χ2v) is 6.02. The van der Waals surface area contributed by atoms with Crippen LogP contribution in [-0.4, -0.2) is 6.54 Å². The maximum atomic E-state index is 3.68. The standard InChI is InChI=1S/C17H23NS/c1-5-7-18-17(15-6-8-19-11-15)16-10-13(3)12(2)9-14(16)4/h6,8-11,17-18H,5,7H2,1-4H3. The summed E-state index contributed by atoms with van der Waals surface area (Å²) in [5.74, 6) is 0. The topological polar surface area (TPSA) is 12.0 Å². The number of rotatable bonds is 5. The van der Waals surface area contributed by atoms with E-state index in [4.69, 9.17) is 0 Å².